The monoisotopic (exact) mass is 503 g/mol. The van der Waals surface area contributed by atoms with E-state index in [1.165, 1.54) is 11.8 Å². The van der Waals surface area contributed by atoms with Crippen molar-refractivity contribution in [1.82, 2.24) is 5.32 Å². The molecule has 2 amide bonds. The molecule has 36 heavy (non-hydrogen) atoms. The number of hydrogen-bond donors (Lipinski definition) is 2. The number of nitrogens with one attached hydrogen (secondary N) is 2. The highest BCUT2D eigenvalue weighted by Gasteiger charge is 2.15. The SMILES string of the molecule is CCOC(=O)CSc1cccc(NC(=O)/C(=C\c2ccc(N(C)C)cc2)NC(=O)c2ccccc2)c1. The van der Waals surface area contributed by atoms with E-state index in [0.717, 1.165) is 16.1 Å². The van der Waals surface area contributed by atoms with Crippen LogP contribution in [0.1, 0.15) is 22.8 Å². The third-order valence-electron chi connectivity index (χ3n) is 5.00. The molecule has 0 aliphatic rings. The number of ether oxygens (including phenoxy) is 1. The van der Waals surface area contributed by atoms with Crippen molar-refractivity contribution in [2.75, 3.05) is 36.7 Å². The first kappa shape index (κ1) is 26.6. The number of amides is 2. The summed E-state index contributed by atoms with van der Waals surface area (Å²) < 4.78 is 4.96. The maximum absolute atomic E-state index is 13.2. The van der Waals surface area contributed by atoms with Crippen LogP contribution in [-0.4, -0.2) is 44.2 Å². The van der Waals surface area contributed by atoms with E-state index >= 15 is 0 Å². The minimum atomic E-state index is -0.469. The molecule has 0 spiro atoms. The Labute approximate surface area is 215 Å². The minimum Gasteiger partial charge on any atom is -0.465 e. The first-order chi connectivity index (χ1) is 17.4. The van der Waals surface area contributed by atoms with E-state index in [-0.39, 0.29) is 23.3 Å². The van der Waals surface area contributed by atoms with Gasteiger partial charge in [-0.2, -0.15) is 0 Å². The van der Waals surface area contributed by atoms with Gasteiger partial charge in [0.15, 0.2) is 0 Å². The van der Waals surface area contributed by atoms with Crippen LogP contribution in [0.5, 0.6) is 0 Å². The summed E-state index contributed by atoms with van der Waals surface area (Å²) in [4.78, 5) is 40.5. The Morgan fingerprint density at radius 2 is 1.67 bits per heavy atom. The Balaban J connectivity index is 1.81. The van der Waals surface area contributed by atoms with Crippen LogP contribution >= 0.6 is 11.8 Å². The lowest BCUT2D eigenvalue weighted by atomic mass is 10.1. The quantitative estimate of drug-likeness (QED) is 0.234. The van der Waals surface area contributed by atoms with E-state index in [0.29, 0.717) is 17.9 Å². The van der Waals surface area contributed by atoms with E-state index in [4.69, 9.17) is 4.74 Å². The summed E-state index contributed by atoms with van der Waals surface area (Å²) in [6.45, 7) is 2.09. The zero-order valence-electron chi connectivity index (χ0n) is 20.5. The van der Waals surface area contributed by atoms with Gasteiger partial charge in [-0.05, 0) is 61.0 Å². The van der Waals surface area contributed by atoms with Gasteiger partial charge in [0.05, 0.1) is 12.4 Å². The Morgan fingerprint density at radius 3 is 2.33 bits per heavy atom. The number of rotatable bonds is 10. The van der Waals surface area contributed by atoms with Gasteiger partial charge in [-0.25, -0.2) is 0 Å². The molecule has 0 fully saturated rings. The maximum atomic E-state index is 13.2. The van der Waals surface area contributed by atoms with Crippen LogP contribution in [0.2, 0.25) is 0 Å². The molecular formula is C28H29N3O4S. The van der Waals surface area contributed by atoms with E-state index in [2.05, 4.69) is 10.6 Å². The van der Waals surface area contributed by atoms with Crippen molar-refractivity contribution in [2.24, 2.45) is 0 Å². The highest BCUT2D eigenvalue weighted by atomic mass is 32.2. The van der Waals surface area contributed by atoms with Gasteiger partial charge in [0, 0.05) is 35.9 Å². The summed E-state index contributed by atoms with van der Waals surface area (Å²) in [6.07, 6.45) is 1.63. The van der Waals surface area contributed by atoms with Crippen molar-refractivity contribution >= 4 is 47.0 Å². The third kappa shape index (κ3) is 8.02. The second-order valence-electron chi connectivity index (χ2n) is 7.94. The fourth-order valence-corrected chi connectivity index (χ4v) is 3.94. The predicted octanol–water partition coefficient (Wildman–Crippen LogP) is 4.82. The number of carbonyl (C=O) groups is 3. The van der Waals surface area contributed by atoms with E-state index in [9.17, 15) is 14.4 Å². The minimum absolute atomic E-state index is 0.103. The molecule has 3 aromatic carbocycles. The number of thioether (sulfide) groups is 1. The normalized spacial score (nSPS) is 10.9. The molecule has 0 aromatic heterocycles. The summed E-state index contributed by atoms with van der Waals surface area (Å²) >= 11 is 1.32. The highest BCUT2D eigenvalue weighted by molar-refractivity contribution is 8.00. The molecule has 3 rings (SSSR count). The first-order valence-electron chi connectivity index (χ1n) is 11.4. The van der Waals surface area contributed by atoms with Gasteiger partial charge < -0.3 is 20.3 Å². The van der Waals surface area contributed by atoms with Crippen LogP contribution in [0.15, 0.2) is 89.5 Å². The highest BCUT2D eigenvalue weighted by Crippen LogP contribution is 2.22. The largest absolute Gasteiger partial charge is 0.465 e. The topological polar surface area (TPSA) is 87.7 Å². The number of carbonyl (C=O) groups excluding carboxylic acids is 3. The molecule has 2 N–H and O–H groups in total. The average molecular weight is 504 g/mol. The van der Waals surface area contributed by atoms with Crippen molar-refractivity contribution in [3.8, 4) is 0 Å². The Morgan fingerprint density at radius 1 is 0.944 bits per heavy atom. The predicted molar refractivity (Wildman–Crippen MR) is 145 cm³/mol. The molecule has 0 bridgehead atoms. The van der Waals surface area contributed by atoms with Crippen LogP contribution in [0.4, 0.5) is 11.4 Å². The first-order valence-corrected chi connectivity index (χ1v) is 12.4. The molecular weight excluding hydrogens is 474 g/mol. The van der Waals surface area contributed by atoms with Crippen molar-refractivity contribution < 1.29 is 19.1 Å². The van der Waals surface area contributed by atoms with E-state index in [1.807, 2.05) is 55.4 Å². The van der Waals surface area contributed by atoms with Crippen molar-refractivity contribution in [1.29, 1.82) is 0 Å². The van der Waals surface area contributed by atoms with Gasteiger partial charge in [0.25, 0.3) is 11.8 Å². The summed E-state index contributed by atoms with van der Waals surface area (Å²) in [5.41, 5.74) is 2.86. The molecule has 0 unspecified atom stereocenters. The number of benzene rings is 3. The smallest absolute Gasteiger partial charge is 0.316 e. The second kappa shape index (κ2) is 13.2. The Hall–Kier alpha value is -4.04. The van der Waals surface area contributed by atoms with Gasteiger partial charge in [-0.15, -0.1) is 11.8 Å². The van der Waals surface area contributed by atoms with Gasteiger partial charge in [0.1, 0.15) is 5.70 Å². The van der Waals surface area contributed by atoms with Crippen LogP contribution in [0.25, 0.3) is 6.08 Å². The molecule has 7 nitrogen and oxygen atoms in total. The molecule has 0 aliphatic carbocycles. The number of esters is 1. The zero-order chi connectivity index (χ0) is 25.9. The lowest BCUT2D eigenvalue weighted by Crippen LogP contribution is -2.30. The Kier molecular flexibility index (Phi) is 9.71. The van der Waals surface area contributed by atoms with E-state index < -0.39 is 5.91 Å². The van der Waals surface area contributed by atoms with Crippen molar-refractivity contribution in [3.05, 3.63) is 95.7 Å². The lowest BCUT2D eigenvalue weighted by molar-refractivity contribution is -0.139. The second-order valence-corrected chi connectivity index (χ2v) is 8.99. The van der Waals surface area contributed by atoms with Crippen LogP contribution < -0.4 is 15.5 Å². The standard InChI is InChI=1S/C28H29N3O4S/c1-4-35-26(32)19-36-24-12-8-11-22(18-24)29-28(34)25(30-27(33)21-9-6-5-7-10-21)17-20-13-15-23(16-14-20)31(2)3/h5-18H,4,19H2,1-3H3,(H,29,34)(H,30,33)/b25-17+. The van der Waals surface area contributed by atoms with Gasteiger partial charge in [0.2, 0.25) is 0 Å². The number of nitrogens with zero attached hydrogens (tertiary/aromatic N) is 1. The van der Waals surface area contributed by atoms with Crippen molar-refractivity contribution in [2.45, 2.75) is 11.8 Å². The molecule has 186 valence electrons. The van der Waals surface area contributed by atoms with Gasteiger partial charge >= 0.3 is 5.97 Å². The molecule has 0 atom stereocenters. The summed E-state index contributed by atoms with van der Waals surface area (Å²) in [6, 6.07) is 23.5. The molecule has 3 aromatic rings. The van der Waals surface area contributed by atoms with Crippen LogP contribution in [0.3, 0.4) is 0 Å². The third-order valence-corrected chi connectivity index (χ3v) is 5.97. The van der Waals surface area contributed by atoms with Crippen LogP contribution in [0, 0.1) is 0 Å². The number of hydrogen-bond acceptors (Lipinski definition) is 6. The van der Waals surface area contributed by atoms with E-state index in [1.54, 1.807) is 55.5 Å². The molecule has 0 aliphatic heterocycles. The average Bonchev–Trinajstić information content (AvgIpc) is 2.88. The molecule has 0 saturated carbocycles. The van der Waals surface area contributed by atoms with Crippen molar-refractivity contribution in [3.63, 3.8) is 0 Å². The Bertz CT molecular complexity index is 1230. The molecule has 0 radical (unpaired) electrons. The molecule has 0 saturated heterocycles. The summed E-state index contributed by atoms with van der Waals surface area (Å²) in [7, 11) is 3.89. The van der Waals surface area contributed by atoms with Gasteiger partial charge in [-0.3, -0.25) is 14.4 Å². The number of anilines is 2. The summed E-state index contributed by atoms with van der Waals surface area (Å²) in [5.74, 6) is -0.984. The molecule has 8 heteroatoms. The summed E-state index contributed by atoms with van der Waals surface area (Å²) in [5, 5.41) is 5.58. The fourth-order valence-electron chi connectivity index (χ4n) is 3.18. The van der Waals surface area contributed by atoms with Gasteiger partial charge in [-0.1, -0.05) is 36.4 Å². The molecule has 0 heterocycles. The lowest BCUT2D eigenvalue weighted by Gasteiger charge is -2.14. The van der Waals surface area contributed by atoms with Crippen LogP contribution in [-0.2, 0) is 14.3 Å². The fraction of sp³-hybridized carbons (Fsp3) is 0.179. The maximum Gasteiger partial charge on any atom is 0.316 e. The zero-order valence-corrected chi connectivity index (χ0v) is 21.3.